The van der Waals surface area contributed by atoms with Gasteiger partial charge in [0.15, 0.2) is 5.96 Å². The Hall–Kier alpha value is -1.91. The van der Waals surface area contributed by atoms with E-state index < -0.39 is 0 Å². The van der Waals surface area contributed by atoms with Crippen molar-refractivity contribution < 1.29 is 9.84 Å². The van der Waals surface area contributed by atoms with E-state index in [0.29, 0.717) is 29.9 Å². The summed E-state index contributed by atoms with van der Waals surface area (Å²) in [5.41, 5.74) is 6.60. The molecule has 0 radical (unpaired) electrons. The molecule has 2 rings (SSSR count). The zero-order valence-corrected chi connectivity index (χ0v) is 10.8. The van der Waals surface area contributed by atoms with Crippen LogP contribution < -0.4 is 10.5 Å². The van der Waals surface area contributed by atoms with Crippen molar-refractivity contribution >= 4 is 5.96 Å². The summed E-state index contributed by atoms with van der Waals surface area (Å²) >= 11 is 0. The van der Waals surface area contributed by atoms with Crippen LogP contribution in [0.5, 0.6) is 11.5 Å². The largest absolute Gasteiger partial charge is 0.508 e. The first kappa shape index (κ1) is 12.5. The summed E-state index contributed by atoms with van der Waals surface area (Å²) in [6.07, 6.45) is 2.36. The summed E-state index contributed by atoms with van der Waals surface area (Å²) in [6, 6.07) is 5.61. The average Bonchev–Trinajstić information content (AvgIpc) is 3.20. The highest BCUT2D eigenvalue weighted by Crippen LogP contribution is 2.26. The van der Waals surface area contributed by atoms with Gasteiger partial charge in [-0.05, 0) is 31.0 Å². The quantitative estimate of drug-likeness (QED) is 0.623. The Morgan fingerprint density at radius 3 is 2.89 bits per heavy atom. The highest BCUT2D eigenvalue weighted by molar-refractivity contribution is 5.78. The number of phenols is 1. The number of nitrogens with two attached hydrogens (primary N) is 1. The zero-order chi connectivity index (χ0) is 13.1. The lowest BCUT2D eigenvalue weighted by Gasteiger charge is -2.17. The lowest BCUT2D eigenvalue weighted by molar-refractivity contribution is 0.410. The van der Waals surface area contributed by atoms with Gasteiger partial charge >= 0.3 is 0 Å². The number of nitrogens with zero attached hydrogens (tertiary/aromatic N) is 2. The molecule has 5 nitrogen and oxygen atoms in total. The first-order valence-corrected chi connectivity index (χ1v) is 6.00. The van der Waals surface area contributed by atoms with E-state index in [4.69, 9.17) is 10.5 Å². The maximum absolute atomic E-state index is 9.72. The van der Waals surface area contributed by atoms with Crippen LogP contribution in [0.1, 0.15) is 18.4 Å². The molecule has 5 heteroatoms. The van der Waals surface area contributed by atoms with Crippen LogP contribution in [-0.4, -0.2) is 36.2 Å². The molecular weight excluding hydrogens is 230 g/mol. The molecule has 1 aromatic rings. The van der Waals surface area contributed by atoms with Crippen LogP contribution in [0.3, 0.4) is 0 Å². The summed E-state index contributed by atoms with van der Waals surface area (Å²) < 4.78 is 5.11. The number of ether oxygens (including phenoxy) is 1. The predicted molar refractivity (Wildman–Crippen MR) is 70.8 cm³/mol. The van der Waals surface area contributed by atoms with E-state index in [1.807, 2.05) is 11.9 Å². The molecule has 0 heterocycles. The maximum atomic E-state index is 9.72. The minimum atomic E-state index is 0.210. The topological polar surface area (TPSA) is 71.1 Å². The molecule has 1 aromatic carbocycles. The van der Waals surface area contributed by atoms with Crippen molar-refractivity contribution in [2.24, 2.45) is 10.7 Å². The highest BCUT2D eigenvalue weighted by Gasteiger charge is 2.27. The number of methoxy groups -OCH3 is 1. The first-order chi connectivity index (χ1) is 8.61. The molecule has 98 valence electrons. The van der Waals surface area contributed by atoms with Crippen LogP contribution in [-0.2, 0) is 6.54 Å². The lowest BCUT2D eigenvalue weighted by atomic mass is 10.2. The normalized spacial score (nSPS) is 15.6. The fourth-order valence-electron chi connectivity index (χ4n) is 1.74. The van der Waals surface area contributed by atoms with Crippen molar-refractivity contribution in [1.29, 1.82) is 0 Å². The lowest BCUT2D eigenvalue weighted by Crippen LogP contribution is -2.35. The Morgan fingerprint density at radius 2 is 2.28 bits per heavy atom. The Morgan fingerprint density at radius 1 is 1.56 bits per heavy atom. The second-order valence-electron chi connectivity index (χ2n) is 4.51. The third-order valence-electron chi connectivity index (χ3n) is 3.15. The van der Waals surface area contributed by atoms with Crippen LogP contribution >= 0.6 is 0 Å². The van der Waals surface area contributed by atoms with Crippen LogP contribution in [0.25, 0.3) is 0 Å². The SMILES string of the molecule is COc1ccc(O)c(CN=C(N)N(C)C2CC2)c1. The van der Waals surface area contributed by atoms with E-state index in [0.717, 1.165) is 0 Å². The predicted octanol–water partition coefficient (Wildman–Crippen LogP) is 1.31. The van der Waals surface area contributed by atoms with Gasteiger partial charge < -0.3 is 20.5 Å². The fourth-order valence-corrected chi connectivity index (χ4v) is 1.74. The van der Waals surface area contributed by atoms with Gasteiger partial charge in [0.05, 0.1) is 13.7 Å². The van der Waals surface area contributed by atoms with Crippen molar-refractivity contribution in [1.82, 2.24) is 4.90 Å². The number of guanidine groups is 1. The number of phenolic OH excluding ortho intramolecular Hbond substituents is 1. The number of aromatic hydroxyl groups is 1. The van der Waals surface area contributed by atoms with Crippen molar-refractivity contribution in [3.8, 4) is 11.5 Å². The average molecular weight is 249 g/mol. The van der Waals surface area contributed by atoms with Gasteiger partial charge in [-0.2, -0.15) is 0 Å². The van der Waals surface area contributed by atoms with E-state index in [-0.39, 0.29) is 5.75 Å². The first-order valence-electron chi connectivity index (χ1n) is 6.00. The molecule has 1 aliphatic rings. The monoisotopic (exact) mass is 249 g/mol. The molecule has 0 amide bonds. The van der Waals surface area contributed by atoms with E-state index in [1.165, 1.54) is 12.8 Å². The van der Waals surface area contributed by atoms with Gasteiger partial charge in [-0.25, -0.2) is 4.99 Å². The second-order valence-corrected chi connectivity index (χ2v) is 4.51. The Bertz CT molecular complexity index is 456. The molecule has 1 aliphatic carbocycles. The molecule has 0 unspecified atom stereocenters. The van der Waals surface area contributed by atoms with Gasteiger partial charge in [-0.3, -0.25) is 0 Å². The molecule has 0 spiro atoms. The van der Waals surface area contributed by atoms with Crippen molar-refractivity contribution in [3.05, 3.63) is 23.8 Å². The minimum absolute atomic E-state index is 0.210. The van der Waals surface area contributed by atoms with Gasteiger partial charge in [0.1, 0.15) is 11.5 Å². The van der Waals surface area contributed by atoms with E-state index in [1.54, 1.807) is 25.3 Å². The van der Waals surface area contributed by atoms with Gasteiger partial charge in [0, 0.05) is 18.7 Å². The molecule has 0 bridgehead atoms. The summed E-state index contributed by atoms with van der Waals surface area (Å²) in [5.74, 6) is 1.42. The van der Waals surface area contributed by atoms with Gasteiger partial charge in [0.2, 0.25) is 0 Å². The Balaban J connectivity index is 2.06. The van der Waals surface area contributed by atoms with Crippen molar-refractivity contribution in [2.75, 3.05) is 14.2 Å². The second kappa shape index (κ2) is 5.16. The summed E-state index contributed by atoms with van der Waals surface area (Å²) in [5, 5.41) is 9.72. The molecule has 18 heavy (non-hydrogen) atoms. The van der Waals surface area contributed by atoms with Crippen molar-refractivity contribution in [2.45, 2.75) is 25.4 Å². The highest BCUT2D eigenvalue weighted by atomic mass is 16.5. The van der Waals surface area contributed by atoms with Gasteiger partial charge in [-0.1, -0.05) is 0 Å². The van der Waals surface area contributed by atoms with Gasteiger partial charge in [-0.15, -0.1) is 0 Å². The standard InChI is InChI=1S/C13H19N3O2/c1-16(10-3-4-10)13(14)15-8-9-7-11(18-2)5-6-12(9)17/h5-7,10,17H,3-4,8H2,1-2H3,(H2,14,15). The molecule has 0 saturated heterocycles. The Kier molecular flexibility index (Phi) is 3.60. The fraction of sp³-hybridized carbons (Fsp3) is 0.462. The van der Waals surface area contributed by atoms with Crippen LogP contribution in [0.2, 0.25) is 0 Å². The van der Waals surface area contributed by atoms with Gasteiger partial charge in [0.25, 0.3) is 0 Å². The molecule has 0 atom stereocenters. The number of rotatable bonds is 4. The number of hydrogen-bond acceptors (Lipinski definition) is 3. The third kappa shape index (κ3) is 2.85. The molecule has 0 aliphatic heterocycles. The molecule has 3 N–H and O–H groups in total. The zero-order valence-electron chi connectivity index (χ0n) is 10.8. The number of benzene rings is 1. The van der Waals surface area contributed by atoms with Crippen LogP contribution in [0.15, 0.2) is 23.2 Å². The van der Waals surface area contributed by atoms with Crippen molar-refractivity contribution in [3.63, 3.8) is 0 Å². The van der Waals surface area contributed by atoms with E-state index in [2.05, 4.69) is 4.99 Å². The van der Waals surface area contributed by atoms with Crippen LogP contribution in [0.4, 0.5) is 0 Å². The molecule has 0 aromatic heterocycles. The number of hydrogen-bond donors (Lipinski definition) is 2. The number of aliphatic imine (C=N–C) groups is 1. The molecule has 1 saturated carbocycles. The summed E-state index contributed by atoms with van der Waals surface area (Å²) in [7, 11) is 3.54. The van der Waals surface area contributed by atoms with E-state index >= 15 is 0 Å². The van der Waals surface area contributed by atoms with Crippen LogP contribution in [0, 0.1) is 0 Å². The molecular formula is C13H19N3O2. The summed E-state index contributed by atoms with van der Waals surface area (Å²) in [4.78, 5) is 6.28. The third-order valence-corrected chi connectivity index (χ3v) is 3.15. The summed E-state index contributed by atoms with van der Waals surface area (Å²) in [6.45, 7) is 0.353. The maximum Gasteiger partial charge on any atom is 0.191 e. The smallest absolute Gasteiger partial charge is 0.191 e. The minimum Gasteiger partial charge on any atom is -0.508 e. The Labute approximate surface area is 107 Å². The molecule has 1 fully saturated rings. The van der Waals surface area contributed by atoms with E-state index in [9.17, 15) is 5.11 Å².